The molecule has 3 rings (SSSR count). The molecule has 0 heterocycles. The SMILES string of the molecule is O=P(Oc1ccccc1)(Oc1ccccc1)[C@@H](O)CCc1ccccc1. The number of aliphatic hydroxyl groups excluding tert-OH is 1. The Morgan fingerprint density at radius 3 is 1.62 bits per heavy atom. The zero-order valence-electron chi connectivity index (χ0n) is 14.3. The van der Waals surface area contributed by atoms with Gasteiger partial charge in [-0.1, -0.05) is 66.7 Å². The molecule has 0 aliphatic heterocycles. The monoisotopic (exact) mass is 368 g/mol. The summed E-state index contributed by atoms with van der Waals surface area (Å²) in [5.74, 6) is -0.459. The highest BCUT2D eigenvalue weighted by Crippen LogP contribution is 2.53. The minimum absolute atomic E-state index is 0.265. The van der Waals surface area contributed by atoms with Gasteiger partial charge in [-0.3, -0.25) is 0 Å². The third-order valence-electron chi connectivity index (χ3n) is 3.85. The molecule has 5 heteroatoms. The Balaban J connectivity index is 1.78. The molecule has 0 fully saturated rings. The third-order valence-corrected chi connectivity index (χ3v) is 5.77. The molecule has 0 aliphatic rings. The average Bonchev–Trinajstić information content (AvgIpc) is 2.68. The lowest BCUT2D eigenvalue weighted by Gasteiger charge is -2.24. The van der Waals surface area contributed by atoms with Gasteiger partial charge >= 0.3 is 7.60 Å². The predicted octanol–water partition coefficient (Wildman–Crippen LogP) is 5.29. The minimum atomic E-state index is -3.84. The van der Waals surface area contributed by atoms with Crippen LogP contribution in [0.25, 0.3) is 0 Å². The average molecular weight is 368 g/mol. The van der Waals surface area contributed by atoms with Crippen molar-refractivity contribution in [1.82, 2.24) is 0 Å². The molecule has 0 saturated heterocycles. The van der Waals surface area contributed by atoms with Crippen LogP contribution in [0.3, 0.4) is 0 Å². The predicted molar refractivity (Wildman–Crippen MR) is 103 cm³/mol. The van der Waals surface area contributed by atoms with Crippen LogP contribution < -0.4 is 9.05 Å². The molecule has 26 heavy (non-hydrogen) atoms. The van der Waals surface area contributed by atoms with Crippen molar-refractivity contribution in [3.63, 3.8) is 0 Å². The Kier molecular flexibility index (Phi) is 6.11. The van der Waals surface area contributed by atoms with E-state index in [1.54, 1.807) is 48.5 Å². The number of benzene rings is 3. The first-order valence-electron chi connectivity index (χ1n) is 8.47. The fourth-order valence-electron chi connectivity index (χ4n) is 2.50. The molecule has 0 amide bonds. The third kappa shape index (κ3) is 4.98. The van der Waals surface area contributed by atoms with Gasteiger partial charge in [0.05, 0.1) is 0 Å². The summed E-state index contributed by atoms with van der Waals surface area (Å²) in [5, 5.41) is 10.6. The van der Waals surface area contributed by atoms with E-state index in [4.69, 9.17) is 9.05 Å². The highest BCUT2D eigenvalue weighted by atomic mass is 31.2. The van der Waals surface area contributed by atoms with Gasteiger partial charge in [0.25, 0.3) is 0 Å². The fourth-order valence-corrected chi connectivity index (χ4v) is 4.05. The van der Waals surface area contributed by atoms with Crippen molar-refractivity contribution in [3.8, 4) is 11.5 Å². The first kappa shape index (κ1) is 18.2. The van der Waals surface area contributed by atoms with Crippen LogP contribution in [0.2, 0.25) is 0 Å². The summed E-state index contributed by atoms with van der Waals surface area (Å²) in [6, 6.07) is 27.2. The largest absolute Gasteiger partial charge is 0.459 e. The first-order chi connectivity index (χ1) is 12.7. The summed E-state index contributed by atoms with van der Waals surface area (Å²) >= 11 is 0. The van der Waals surface area contributed by atoms with Gasteiger partial charge in [0.15, 0.2) is 5.85 Å². The fraction of sp³-hybridized carbons (Fsp3) is 0.143. The maximum Gasteiger partial charge on any atom is 0.459 e. The second-order valence-corrected chi connectivity index (χ2v) is 7.89. The Morgan fingerprint density at radius 1 is 0.731 bits per heavy atom. The molecule has 0 saturated carbocycles. The quantitative estimate of drug-likeness (QED) is 0.549. The van der Waals surface area contributed by atoms with E-state index in [2.05, 4.69) is 0 Å². The molecule has 0 aliphatic carbocycles. The molecule has 0 radical (unpaired) electrons. The molecule has 1 atom stereocenters. The van der Waals surface area contributed by atoms with Gasteiger partial charge in [0.2, 0.25) is 0 Å². The van der Waals surface area contributed by atoms with Crippen molar-refractivity contribution in [2.24, 2.45) is 0 Å². The van der Waals surface area contributed by atoms with Gasteiger partial charge in [-0.05, 0) is 42.7 Å². The van der Waals surface area contributed by atoms with E-state index in [9.17, 15) is 9.67 Å². The molecule has 3 aromatic rings. The number of para-hydroxylation sites is 2. The second kappa shape index (κ2) is 8.70. The van der Waals surface area contributed by atoms with Crippen LogP contribution in [-0.4, -0.2) is 11.0 Å². The van der Waals surface area contributed by atoms with Gasteiger partial charge in [0, 0.05) is 0 Å². The normalized spacial score (nSPS) is 12.3. The summed E-state index contributed by atoms with van der Waals surface area (Å²) in [5.41, 5.74) is 1.05. The van der Waals surface area contributed by atoms with Crippen molar-refractivity contribution in [1.29, 1.82) is 0 Å². The minimum Gasteiger partial charge on any atom is -0.414 e. The molecule has 4 nitrogen and oxygen atoms in total. The maximum absolute atomic E-state index is 13.4. The zero-order chi connectivity index (χ0) is 18.2. The van der Waals surface area contributed by atoms with Gasteiger partial charge in [0.1, 0.15) is 11.5 Å². The van der Waals surface area contributed by atoms with Crippen molar-refractivity contribution in [3.05, 3.63) is 96.6 Å². The lowest BCUT2D eigenvalue weighted by molar-refractivity contribution is 0.200. The van der Waals surface area contributed by atoms with E-state index in [1.807, 2.05) is 42.5 Å². The van der Waals surface area contributed by atoms with Gasteiger partial charge in [-0.2, -0.15) is 0 Å². The molecular formula is C21H21O4P. The lowest BCUT2D eigenvalue weighted by Crippen LogP contribution is -2.17. The number of aliphatic hydroxyl groups is 1. The van der Waals surface area contributed by atoms with Crippen molar-refractivity contribution in [2.45, 2.75) is 18.7 Å². The van der Waals surface area contributed by atoms with Crippen LogP contribution in [-0.2, 0) is 11.0 Å². The zero-order valence-corrected chi connectivity index (χ0v) is 15.2. The summed E-state index contributed by atoms with van der Waals surface area (Å²) in [6.07, 6.45) is 0.837. The summed E-state index contributed by atoms with van der Waals surface area (Å²) < 4.78 is 24.7. The van der Waals surface area contributed by atoms with E-state index in [0.29, 0.717) is 17.9 Å². The second-order valence-electron chi connectivity index (χ2n) is 5.85. The van der Waals surface area contributed by atoms with Gasteiger partial charge in [-0.25, -0.2) is 4.57 Å². The number of hydrogen-bond donors (Lipinski definition) is 1. The number of hydrogen-bond acceptors (Lipinski definition) is 4. The van der Waals surface area contributed by atoms with Crippen LogP contribution in [0.5, 0.6) is 11.5 Å². The number of aryl methyl sites for hydroxylation is 1. The Morgan fingerprint density at radius 2 is 1.15 bits per heavy atom. The molecule has 3 aromatic carbocycles. The van der Waals surface area contributed by atoms with Crippen LogP contribution in [0.1, 0.15) is 12.0 Å². The van der Waals surface area contributed by atoms with Crippen LogP contribution in [0.15, 0.2) is 91.0 Å². The van der Waals surface area contributed by atoms with Crippen molar-refractivity contribution >= 4 is 7.60 Å². The summed E-state index contributed by atoms with van der Waals surface area (Å²) in [7, 11) is -3.84. The van der Waals surface area contributed by atoms with Crippen LogP contribution in [0, 0.1) is 0 Å². The Bertz CT molecular complexity index is 792. The van der Waals surface area contributed by atoms with Gasteiger partial charge in [-0.15, -0.1) is 0 Å². The lowest BCUT2D eigenvalue weighted by atomic mass is 10.1. The summed E-state index contributed by atoms with van der Waals surface area (Å²) in [6.45, 7) is 0. The smallest absolute Gasteiger partial charge is 0.414 e. The molecule has 0 aromatic heterocycles. The van der Waals surface area contributed by atoms with Crippen LogP contribution in [0.4, 0.5) is 0 Å². The Labute approximate surface area is 153 Å². The summed E-state index contributed by atoms with van der Waals surface area (Å²) in [4.78, 5) is 0. The van der Waals surface area contributed by atoms with Crippen molar-refractivity contribution < 1.29 is 18.7 Å². The standard InChI is InChI=1S/C21H21O4P/c22-21(17-16-18-10-4-1-5-11-18)26(23,24-19-12-6-2-7-13-19)25-20-14-8-3-9-15-20/h1-15,21-22H,16-17H2/t21-/m1/s1. The van der Waals surface area contributed by atoms with E-state index < -0.39 is 13.4 Å². The van der Waals surface area contributed by atoms with E-state index >= 15 is 0 Å². The van der Waals surface area contributed by atoms with Crippen molar-refractivity contribution in [2.75, 3.05) is 0 Å². The topological polar surface area (TPSA) is 55.8 Å². The molecule has 0 unspecified atom stereocenters. The molecule has 1 N–H and O–H groups in total. The first-order valence-corrected chi connectivity index (χ1v) is 10.1. The highest BCUT2D eigenvalue weighted by Gasteiger charge is 2.37. The van der Waals surface area contributed by atoms with Gasteiger partial charge < -0.3 is 14.2 Å². The molecule has 0 bridgehead atoms. The van der Waals surface area contributed by atoms with Crippen LogP contribution >= 0.6 is 7.60 Å². The molecule has 0 spiro atoms. The van der Waals surface area contributed by atoms with E-state index in [1.165, 1.54) is 0 Å². The number of rotatable bonds is 8. The maximum atomic E-state index is 13.4. The van der Waals surface area contributed by atoms with E-state index in [-0.39, 0.29) is 6.42 Å². The highest BCUT2D eigenvalue weighted by molar-refractivity contribution is 7.55. The Hall–Kier alpha value is -2.55. The van der Waals surface area contributed by atoms with E-state index in [0.717, 1.165) is 5.56 Å². The molecule has 134 valence electrons. The molecular weight excluding hydrogens is 347 g/mol.